The fourth-order valence-electron chi connectivity index (χ4n) is 7.42. The smallest absolute Gasteiger partial charge is 0.303 e. The number of carbonyl (C=O) groups is 2. The van der Waals surface area contributed by atoms with Crippen molar-refractivity contribution in [3.05, 3.63) is 53.6 Å². The molecule has 2 amide bonds. The number of methoxy groups -OCH3 is 1. The predicted molar refractivity (Wildman–Crippen MR) is 155 cm³/mol. The topological polar surface area (TPSA) is 104 Å². The van der Waals surface area contributed by atoms with Crippen molar-refractivity contribution >= 4 is 32.9 Å². The summed E-state index contributed by atoms with van der Waals surface area (Å²) in [5.41, 5.74) is 3.63. The molecule has 4 aliphatic rings. The van der Waals surface area contributed by atoms with Crippen molar-refractivity contribution in [2.24, 2.45) is 5.41 Å². The number of rotatable bonds is 5. The van der Waals surface area contributed by atoms with Crippen molar-refractivity contribution in [2.75, 3.05) is 41.3 Å². The molecule has 4 atom stereocenters. The van der Waals surface area contributed by atoms with Crippen LogP contribution in [0.1, 0.15) is 41.1 Å². The van der Waals surface area contributed by atoms with Gasteiger partial charge in [0.15, 0.2) is 0 Å². The zero-order valence-corrected chi connectivity index (χ0v) is 24.6. The van der Waals surface area contributed by atoms with E-state index in [1.54, 1.807) is 19.2 Å². The largest absolute Gasteiger partial charge is 0.497 e. The standard InChI is InChI=1S/C30H35N5O5S/c1-32(2)41(38,39)31-28(36)19-6-5-18-11-27-23-10-9-22(40-4)13-24(23)25-14-30(25,17-34(27)26(18)12-19)29(37)35-20-7-8-21(35)16-33(3)15-20/h5-6,9-13,20-21,25H,7-8,14-17H2,1-4H3,(H,31,36)/t20-,21+,25-,30-/m0/s1. The third kappa shape index (κ3) is 4.00. The number of benzene rings is 2. The molecule has 1 aliphatic carbocycles. The fourth-order valence-corrected chi connectivity index (χ4v) is 7.96. The number of carbonyl (C=O) groups excluding carboxylic acids is 2. The van der Waals surface area contributed by atoms with Gasteiger partial charge in [-0.2, -0.15) is 12.7 Å². The Morgan fingerprint density at radius 1 is 1.05 bits per heavy atom. The Morgan fingerprint density at radius 3 is 2.46 bits per heavy atom. The van der Waals surface area contributed by atoms with Crippen LogP contribution in [-0.4, -0.2) is 92.3 Å². The van der Waals surface area contributed by atoms with E-state index in [1.807, 2.05) is 12.1 Å². The third-order valence-corrected chi connectivity index (χ3v) is 11.0. The van der Waals surface area contributed by atoms with Crippen LogP contribution in [0.15, 0.2) is 42.5 Å². The summed E-state index contributed by atoms with van der Waals surface area (Å²) in [5.74, 6) is 0.379. The van der Waals surface area contributed by atoms with Gasteiger partial charge in [-0.05, 0) is 68.3 Å². The van der Waals surface area contributed by atoms with Gasteiger partial charge in [0.1, 0.15) is 5.75 Å². The van der Waals surface area contributed by atoms with E-state index in [0.29, 0.717) is 6.54 Å². The van der Waals surface area contributed by atoms with Gasteiger partial charge in [0.2, 0.25) is 5.91 Å². The molecular formula is C30H35N5O5S. The molecule has 4 heterocycles. The van der Waals surface area contributed by atoms with Crippen LogP contribution in [0.5, 0.6) is 5.75 Å². The normalized spacial score (nSPS) is 26.8. The van der Waals surface area contributed by atoms with Gasteiger partial charge in [-0.3, -0.25) is 9.59 Å². The van der Waals surface area contributed by atoms with Gasteiger partial charge in [-0.25, -0.2) is 4.72 Å². The number of amides is 2. The molecule has 0 spiro atoms. The molecule has 3 aliphatic heterocycles. The second kappa shape index (κ2) is 9.04. The van der Waals surface area contributed by atoms with Gasteiger partial charge >= 0.3 is 10.2 Å². The highest BCUT2D eigenvalue weighted by Crippen LogP contribution is 2.66. The van der Waals surface area contributed by atoms with Crippen LogP contribution in [0.4, 0.5) is 0 Å². The minimum atomic E-state index is -3.94. The maximum absolute atomic E-state index is 14.6. The highest BCUT2D eigenvalue weighted by molar-refractivity contribution is 7.87. The zero-order chi connectivity index (χ0) is 28.8. The summed E-state index contributed by atoms with van der Waals surface area (Å²) in [7, 11) is 2.59. The maximum Gasteiger partial charge on any atom is 0.303 e. The van der Waals surface area contributed by atoms with Crippen LogP contribution in [-0.2, 0) is 21.5 Å². The first kappa shape index (κ1) is 26.5. The monoisotopic (exact) mass is 577 g/mol. The van der Waals surface area contributed by atoms with Crippen LogP contribution in [0, 0.1) is 5.41 Å². The van der Waals surface area contributed by atoms with Crippen molar-refractivity contribution in [3.8, 4) is 17.0 Å². The van der Waals surface area contributed by atoms with Crippen molar-refractivity contribution < 1.29 is 22.7 Å². The predicted octanol–water partition coefficient (Wildman–Crippen LogP) is 2.65. The lowest BCUT2D eigenvalue weighted by atomic mass is 9.93. The first-order chi connectivity index (χ1) is 19.5. The van der Waals surface area contributed by atoms with Crippen molar-refractivity contribution in [1.82, 2.24) is 23.4 Å². The van der Waals surface area contributed by atoms with E-state index in [4.69, 9.17) is 4.74 Å². The van der Waals surface area contributed by atoms with E-state index in [2.05, 4.69) is 44.3 Å². The molecule has 11 heteroatoms. The molecule has 2 aromatic carbocycles. The third-order valence-electron chi connectivity index (χ3n) is 9.62. The summed E-state index contributed by atoms with van der Waals surface area (Å²) < 4.78 is 35.5. The lowest BCUT2D eigenvalue weighted by Crippen LogP contribution is -2.57. The number of ether oxygens (including phenoxy) is 1. The molecule has 2 bridgehead atoms. The number of likely N-dealkylation sites (tertiary alicyclic amines) is 1. The number of aromatic nitrogens is 1. The molecule has 7 rings (SSSR count). The van der Waals surface area contributed by atoms with E-state index >= 15 is 0 Å². The van der Waals surface area contributed by atoms with Gasteiger partial charge < -0.3 is 19.1 Å². The summed E-state index contributed by atoms with van der Waals surface area (Å²) in [4.78, 5) is 32.1. The molecule has 216 valence electrons. The Morgan fingerprint density at radius 2 is 1.78 bits per heavy atom. The molecule has 1 aromatic heterocycles. The SMILES string of the molecule is COc1ccc2c(c1)[C@@H]1C[C@]1(C(=O)N1[C@@H]3CC[C@H]1CN(C)C3)Cn1c-2cc2ccc(C(=O)NS(=O)(=O)N(C)C)cc21. The molecule has 0 radical (unpaired) electrons. The first-order valence-corrected chi connectivity index (χ1v) is 15.5. The van der Waals surface area contributed by atoms with Crippen LogP contribution in [0.3, 0.4) is 0 Å². The molecule has 41 heavy (non-hydrogen) atoms. The van der Waals surface area contributed by atoms with Gasteiger partial charge in [0, 0.05) is 79.5 Å². The van der Waals surface area contributed by atoms with Gasteiger partial charge in [0.25, 0.3) is 5.91 Å². The van der Waals surface area contributed by atoms with Crippen LogP contribution in [0.2, 0.25) is 0 Å². The van der Waals surface area contributed by atoms with Crippen LogP contribution < -0.4 is 9.46 Å². The van der Waals surface area contributed by atoms with E-state index in [1.165, 1.54) is 14.1 Å². The lowest BCUT2D eigenvalue weighted by Gasteiger charge is -2.41. The Labute approximate surface area is 240 Å². The Bertz CT molecular complexity index is 1700. The summed E-state index contributed by atoms with van der Waals surface area (Å²) in [6.45, 7) is 2.30. The summed E-state index contributed by atoms with van der Waals surface area (Å²) >= 11 is 0. The number of hydrogen-bond acceptors (Lipinski definition) is 6. The lowest BCUT2D eigenvalue weighted by molar-refractivity contribution is -0.143. The summed E-state index contributed by atoms with van der Waals surface area (Å²) in [6.07, 6.45) is 2.84. The quantitative estimate of drug-likeness (QED) is 0.500. The van der Waals surface area contributed by atoms with Crippen molar-refractivity contribution in [1.29, 1.82) is 0 Å². The Balaban J connectivity index is 1.34. The average molecular weight is 578 g/mol. The highest BCUT2D eigenvalue weighted by Gasteiger charge is 2.65. The second-order valence-electron chi connectivity index (χ2n) is 12.3. The van der Waals surface area contributed by atoms with Crippen molar-refractivity contribution in [3.63, 3.8) is 0 Å². The van der Waals surface area contributed by atoms with Gasteiger partial charge in [0.05, 0.1) is 12.5 Å². The highest BCUT2D eigenvalue weighted by atomic mass is 32.2. The number of likely N-dealkylation sites (N-methyl/N-ethyl adjacent to an activating group) is 1. The van der Waals surface area contributed by atoms with E-state index < -0.39 is 21.5 Å². The Kier molecular flexibility index (Phi) is 5.84. The van der Waals surface area contributed by atoms with Gasteiger partial charge in [-0.15, -0.1) is 0 Å². The average Bonchev–Trinajstić information content (AvgIpc) is 3.50. The summed E-state index contributed by atoms with van der Waals surface area (Å²) in [6, 6.07) is 13.9. The molecule has 1 saturated carbocycles. The maximum atomic E-state index is 14.6. The minimum absolute atomic E-state index is 0.0748. The number of piperazine rings is 1. The molecule has 0 unspecified atom stereocenters. The van der Waals surface area contributed by atoms with Gasteiger partial charge in [-0.1, -0.05) is 6.07 Å². The second-order valence-corrected chi connectivity index (χ2v) is 14.2. The van der Waals surface area contributed by atoms with E-state index in [-0.39, 0.29) is 29.5 Å². The molecule has 2 saturated heterocycles. The fraction of sp³-hybridized carbons (Fsp3) is 0.467. The number of nitrogens with one attached hydrogen (secondary N) is 1. The Hall–Kier alpha value is -3.41. The summed E-state index contributed by atoms with van der Waals surface area (Å²) in [5, 5.41) is 0.926. The number of hydrogen-bond donors (Lipinski definition) is 1. The molecule has 10 nitrogen and oxygen atoms in total. The zero-order valence-electron chi connectivity index (χ0n) is 23.8. The molecular weight excluding hydrogens is 542 g/mol. The van der Waals surface area contributed by atoms with E-state index in [0.717, 1.165) is 70.1 Å². The number of nitrogens with zero attached hydrogens (tertiary/aromatic N) is 4. The minimum Gasteiger partial charge on any atom is -0.497 e. The molecule has 3 fully saturated rings. The van der Waals surface area contributed by atoms with Crippen molar-refractivity contribution in [2.45, 2.75) is 43.8 Å². The van der Waals surface area contributed by atoms with E-state index in [9.17, 15) is 18.0 Å². The first-order valence-electron chi connectivity index (χ1n) is 14.1. The molecule has 3 aromatic rings. The van der Waals surface area contributed by atoms with Crippen LogP contribution >= 0.6 is 0 Å². The number of fused-ring (bicyclic) bond motifs is 9. The molecule has 1 N–H and O–H groups in total. The van der Waals surface area contributed by atoms with Crippen LogP contribution in [0.25, 0.3) is 22.2 Å².